The second kappa shape index (κ2) is 8.87. The van der Waals surface area contributed by atoms with E-state index < -0.39 is 15.8 Å². The molecule has 1 aliphatic heterocycles. The topological polar surface area (TPSA) is 102 Å². The molecule has 3 rings (SSSR count). The van der Waals surface area contributed by atoms with E-state index >= 15 is 0 Å². The minimum absolute atomic E-state index is 0.0831. The molecule has 2 aromatic carbocycles. The Labute approximate surface area is 174 Å². The van der Waals surface area contributed by atoms with Crippen LogP contribution in [-0.2, 0) is 19.4 Å². The van der Waals surface area contributed by atoms with E-state index in [9.17, 15) is 18.0 Å². The molecule has 0 saturated heterocycles. The van der Waals surface area contributed by atoms with Gasteiger partial charge in [0.05, 0.1) is 28.7 Å². The van der Waals surface area contributed by atoms with E-state index in [1.807, 2.05) is 6.92 Å². The van der Waals surface area contributed by atoms with Gasteiger partial charge in [0.15, 0.2) is 9.84 Å². The monoisotopic (exact) mass is 434 g/mol. The van der Waals surface area contributed by atoms with Crippen LogP contribution in [-0.4, -0.2) is 38.3 Å². The fourth-order valence-corrected chi connectivity index (χ4v) is 5.19. The molecule has 1 heterocycles. The number of hydrogen-bond acceptors (Lipinski definition) is 6. The van der Waals surface area contributed by atoms with Gasteiger partial charge in [0, 0.05) is 16.5 Å². The molecule has 0 bridgehead atoms. The molecule has 1 aliphatic rings. The average Bonchev–Trinajstić information content (AvgIpc) is 2.68. The number of hydrogen-bond donors (Lipinski definition) is 2. The van der Waals surface area contributed by atoms with Crippen LogP contribution in [0.5, 0.6) is 5.75 Å². The third kappa shape index (κ3) is 5.30. The maximum atomic E-state index is 12.8. The van der Waals surface area contributed by atoms with Crippen molar-refractivity contribution in [3.8, 4) is 5.75 Å². The van der Waals surface area contributed by atoms with Gasteiger partial charge < -0.3 is 15.4 Å². The number of sulfone groups is 1. The minimum atomic E-state index is -3.70. The predicted octanol–water partition coefficient (Wildman–Crippen LogP) is 3.18. The Morgan fingerprint density at radius 1 is 1.24 bits per heavy atom. The summed E-state index contributed by atoms with van der Waals surface area (Å²) in [6.45, 7) is 4.00. The van der Waals surface area contributed by atoms with E-state index in [4.69, 9.17) is 4.74 Å². The first-order chi connectivity index (χ1) is 13.8. The molecule has 9 heteroatoms. The van der Waals surface area contributed by atoms with Gasteiger partial charge in [-0.2, -0.15) is 0 Å². The Morgan fingerprint density at radius 2 is 1.97 bits per heavy atom. The zero-order chi connectivity index (χ0) is 21.0. The molecule has 2 aromatic rings. The van der Waals surface area contributed by atoms with Gasteiger partial charge in [-0.05, 0) is 49.4 Å². The molecule has 29 heavy (non-hydrogen) atoms. The van der Waals surface area contributed by atoms with Crippen LogP contribution in [0.3, 0.4) is 0 Å². The molecule has 0 saturated carbocycles. The third-order valence-electron chi connectivity index (χ3n) is 4.29. The second-order valence-corrected chi connectivity index (χ2v) is 9.68. The minimum Gasteiger partial charge on any atom is -0.494 e. The number of carbonyl (C=O) groups is 2. The molecular weight excluding hydrogens is 412 g/mol. The largest absolute Gasteiger partial charge is 0.494 e. The average molecular weight is 435 g/mol. The fraction of sp³-hybridized carbons (Fsp3) is 0.300. The lowest BCUT2D eigenvalue weighted by Crippen LogP contribution is -2.27. The van der Waals surface area contributed by atoms with Crippen molar-refractivity contribution in [2.24, 2.45) is 5.92 Å². The molecule has 1 unspecified atom stereocenters. The highest BCUT2D eigenvalue weighted by atomic mass is 32.2. The van der Waals surface area contributed by atoms with E-state index in [1.54, 1.807) is 37.3 Å². The van der Waals surface area contributed by atoms with Crippen LogP contribution in [0.15, 0.2) is 52.3 Å². The van der Waals surface area contributed by atoms with Crippen LogP contribution in [0.25, 0.3) is 0 Å². The van der Waals surface area contributed by atoms with Crippen molar-refractivity contribution >= 4 is 44.8 Å². The lowest BCUT2D eigenvalue weighted by molar-refractivity contribution is -0.118. The first-order valence-corrected chi connectivity index (χ1v) is 11.8. The number of amides is 2. The molecule has 7 nitrogen and oxygen atoms in total. The van der Waals surface area contributed by atoms with Crippen molar-refractivity contribution in [3.63, 3.8) is 0 Å². The Hall–Kier alpha value is -2.52. The summed E-state index contributed by atoms with van der Waals surface area (Å²) < 4.78 is 30.9. The normalized spacial score (nSPS) is 14.5. The summed E-state index contributed by atoms with van der Waals surface area (Å²) in [5.41, 5.74) is 1.05. The van der Waals surface area contributed by atoms with E-state index in [2.05, 4.69) is 10.6 Å². The van der Waals surface area contributed by atoms with Crippen molar-refractivity contribution in [2.45, 2.75) is 23.6 Å². The van der Waals surface area contributed by atoms with Crippen LogP contribution >= 0.6 is 11.8 Å². The quantitative estimate of drug-likeness (QED) is 0.694. The predicted molar refractivity (Wildman–Crippen MR) is 113 cm³/mol. The summed E-state index contributed by atoms with van der Waals surface area (Å²) >= 11 is 1.36. The molecule has 0 radical (unpaired) electrons. The summed E-state index contributed by atoms with van der Waals surface area (Å²) in [7, 11) is -3.70. The summed E-state index contributed by atoms with van der Waals surface area (Å²) in [4.78, 5) is 24.9. The fourth-order valence-electron chi connectivity index (χ4n) is 2.82. The number of nitrogens with one attached hydrogen (secondary N) is 2. The molecule has 0 aliphatic carbocycles. The second-order valence-electron chi connectivity index (χ2n) is 6.62. The zero-order valence-corrected chi connectivity index (χ0v) is 17.7. The Morgan fingerprint density at radius 3 is 2.66 bits per heavy atom. The SMILES string of the molecule is CCOc1ccc(NC(=O)C(C)CS(=O)(=O)c2ccc3c(c2)NC(=O)CS3)cc1. The van der Waals surface area contributed by atoms with Gasteiger partial charge in [0.1, 0.15) is 5.75 Å². The van der Waals surface area contributed by atoms with E-state index in [0.717, 1.165) is 4.90 Å². The molecule has 154 valence electrons. The molecule has 0 aromatic heterocycles. The van der Waals surface area contributed by atoms with E-state index in [1.165, 1.54) is 23.9 Å². The number of ether oxygens (including phenoxy) is 1. The number of fused-ring (bicyclic) bond motifs is 1. The highest BCUT2D eigenvalue weighted by Crippen LogP contribution is 2.33. The van der Waals surface area contributed by atoms with Crippen molar-refractivity contribution in [3.05, 3.63) is 42.5 Å². The summed E-state index contributed by atoms with van der Waals surface area (Å²) in [6, 6.07) is 11.5. The van der Waals surface area contributed by atoms with Gasteiger partial charge in [-0.15, -0.1) is 11.8 Å². The van der Waals surface area contributed by atoms with E-state index in [-0.39, 0.29) is 22.5 Å². The van der Waals surface area contributed by atoms with Gasteiger partial charge in [-0.25, -0.2) is 8.42 Å². The zero-order valence-electron chi connectivity index (χ0n) is 16.1. The Balaban J connectivity index is 1.67. The number of benzene rings is 2. The van der Waals surface area contributed by atoms with Gasteiger partial charge in [-0.1, -0.05) is 6.92 Å². The lowest BCUT2D eigenvalue weighted by Gasteiger charge is -2.18. The highest BCUT2D eigenvalue weighted by molar-refractivity contribution is 8.00. The van der Waals surface area contributed by atoms with Crippen molar-refractivity contribution in [1.29, 1.82) is 0 Å². The van der Waals surface area contributed by atoms with Crippen molar-refractivity contribution in [2.75, 3.05) is 28.7 Å². The van der Waals surface area contributed by atoms with Gasteiger partial charge in [-0.3, -0.25) is 9.59 Å². The van der Waals surface area contributed by atoms with Crippen LogP contribution in [0.4, 0.5) is 11.4 Å². The van der Waals surface area contributed by atoms with Gasteiger partial charge in [0.25, 0.3) is 0 Å². The van der Waals surface area contributed by atoms with Crippen LogP contribution in [0.2, 0.25) is 0 Å². The summed E-state index contributed by atoms with van der Waals surface area (Å²) in [6.07, 6.45) is 0. The number of thioether (sulfide) groups is 1. The first-order valence-electron chi connectivity index (χ1n) is 9.11. The summed E-state index contributed by atoms with van der Waals surface area (Å²) in [5, 5.41) is 5.40. The van der Waals surface area contributed by atoms with E-state index in [0.29, 0.717) is 29.5 Å². The molecule has 1 atom stereocenters. The van der Waals surface area contributed by atoms with Crippen molar-refractivity contribution in [1.82, 2.24) is 0 Å². The number of carbonyl (C=O) groups excluding carboxylic acids is 2. The third-order valence-corrected chi connectivity index (χ3v) is 7.28. The molecule has 2 N–H and O–H groups in total. The highest BCUT2D eigenvalue weighted by Gasteiger charge is 2.25. The molecular formula is C20H22N2O5S2. The first kappa shape index (κ1) is 21.2. The Bertz CT molecular complexity index is 1020. The van der Waals surface area contributed by atoms with Crippen LogP contribution in [0.1, 0.15) is 13.8 Å². The lowest BCUT2D eigenvalue weighted by atomic mass is 10.2. The number of anilines is 2. The Kier molecular flexibility index (Phi) is 6.49. The smallest absolute Gasteiger partial charge is 0.234 e. The molecule has 0 spiro atoms. The maximum absolute atomic E-state index is 12.8. The summed E-state index contributed by atoms with van der Waals surface area (Å²) in [5.74, 6) is -0.650. The maximum Gasteiger partial charge on any atom is 0.234 e. The molecule has 0 fully saturated rings. The van der Waals surface area contributed by atoms with Crippen LogP contribution in [0, 0.1) is 5.92 Å². The van der Waals surface area contributed by atoms with Gasteiger partial charge in [0.2, 0.25) is 11.8 Å². The van der Waals surface area contributed by atoms with Crippen LogP contribution < -0.4 is 15.4 Å². The van der Waals surface area contributed by atoms with Crippen molar-refractivity contribution < 1.29 is 22.7 Å². The number of rotatable bonds is 7. The van der Waals surface area contributed by atoms with Gasteiger partial charge >= 0.3 is 0 Å². The molecule has 2 amide bonds. The standard InChI is InChI=1S/C20H22N2O5S2/c1-3-27-15-6-4-14(5-7-15)21-20(24)13(2)12-29(25,26)16-8-9-18-17(10-16)22-19(23)11-28-18/h4-10,13H,3,11-12H2,1-2H3,(H,21,24)(H,22,23).